The number of azo groups is 1. The summed E-state index contributed by atoms with van der Waals surface area (Å²) in [6.45, 7) is 5.68. The maximum Gasteiger partial charge on any atom is 0.276 e. The van der Waals surface area contributed by atoms with Gasteiger partial charge < -0.3 is 18.9 Å². The number of halogens is 2. The van der Waals surface area contributed by atoms with Crippen molar-refractivity contribution in [3.63, 3.8) is 0 Å². The third-order valence-electron chi connectivity index (χ3n) is 4.32. The van der Waals surface area contributed by atoms with Crippen LogP contribution in [0.15, 0.2) is 40.6 Å². The van der Waals surface area contributed by atoms with Crippen LogP contribution in [0.25, 0.3) is 0 Å². The first kappa shape index (κ1) is 26.2. The van der Waals surface area contributed by atoms with Crippen LogP contribution < -0.4 is 23.4 Å². The Hall–Kier alpha value is -3.04. The highest BCUT2D eigenvalue weighted by molar-refractivity contribution is 6.39. The molecule has 0 spiro atoms. The molecule has 0 saturated carbocycles. The minimum Gasteiger partial charge on any atom is -0.495 e. The fraction of sp³-hybridized carbons (Fsp3) is 0.364. The smallest absolute Gasteiger partial charge is 0.276 e. The molecular formula is C22H25Cl2N3O6. The molecule has 1 amide bonds. The zero-order valence-electron chi connectivity index (χ0n) is 18.9. The van der Waals surface area contributed by atoms with E-state index in [0.29, 0.717) is 30.5 Å². The quantitative estimate of drug-likeness (QED) is 0.234. The van der Waals surface area contributed by atoms with Crippen LogP contribution in [0.4, 0.5) is 11.4 Å². The average molecular weight is 498 g/mol. The van der Waals surface area contributed by atoms with Crippen molar-refractivity contribution in [1.82, 2.24) is 0 Å². The van der Waals surface area contributed by atoms with Gasteiger partial charge in [0.15, 0.2) is 17.3 Å². The van der Waals surface area contributed by atoms with E-state index in [2.05, 4.69) is 10.2 Å². The molecule has 2 rings (SSSR count). The van der Waals surface area contributed by atoms with Crippen molar-refractivity contribution in [2.75, 3.05) is 31.9 Å². The monoisotopic (exact) mass is 497 g/mol. The van der Waals surface area contributed by atoms with Crippen molar-refractivity contribution < 1.29 is 28.5 Å². The van der Waals surface area contributed by atoms with Gasteiger partial charge in [0, 0.05) is 17.8 Å². The van der Waals surface area contributed by atoms with E-state index in [0.717, 1.165) is 4.42 Å². The van der Waals surface area contributed by atoms with Crippen LogP contribution in [0.2, 0.25) is 5.02 Å². The molecule has 0 bridgehead atoms. The number of methoxy groups -OCH3 is 2. The zero-order valence-corrected chi connectivity index (χ0v) is 20.4. The highest BCUT2D eigenvalue weighted by Crippen LogP contribution is 2.42. The first-order valence-corrected chi connectivity index (χ1v) is 10.7. The number of carbonyl (C=O) groups is 2. The lowest BCUT2D eigenvalue weighted by atomic mass is 10.2. The number of benzene rings is 2. The van der Waals surface area contributed by atoms with Gasteiger partial charge in [-0.25, -0.2) is 4.42 Å². The summed E-state index contributed by atoms with van der Waals surface area (Å²) in [7, 11) is 2.86. The van der Waals surface area contributed by atoms with Gasteiger partial charge in [0.05, 0.1) is 33.1 Å². The molecule has 2 aromatic rings. The van der Waals surface area contributed by atoms with E-state index in [9.17, 15) is 9.59 Å². The predicted octanol–water partition coefficient (Wildman–Crippen LogP) is 5.38. The Morgan fingerprint density at radius 3 is 2.12 bits per heavy atom. The summed E-state index contributed by atoms with van der Waals surface area (Å²) in [6, 6.07) is 6.38. The Balaban J connectivity index is 2.38. The number of ketones is 1. The second-order valence-electron chi connectivity index (χ2n) is 6.48. The van der Waals surface area contributed by atoms with Gasteiger partial charge in [-0.2, -0.15) is 5.11 Å². The summed E-state index contributed by atoms with van der Waals surface area (Å²) < 4.78 is 22.3. The number of carbonyl (C=O) groups excluding carboxylic acids is 2. The molecule has 0 fully saturated rings. The molecule has 0 aliphatic rings. The Bertz CT molecular complexity index is 1030. The first-order chi connectivity index (χ1) is 15.8. The second kappa shape index (κ2) is 12.3. The lowest BCUT2D eigenvalue weighted by molar-refractivity contribution is -0.126. The lowest BCUT2D eigenvalue weighted by Crippen LogP contribution is -2.36. The maximum absolute atomic E-state index is 13.0. The summed E-state index contributed by atoms with van der Waals surface area (Å²) in [4.78, 5) is 25.2. The van der Waals surface area contributed by atoms with Crippen molar-refractivity contribution in [3.05, 3.63) is 35.4 Å². The number of anilines is 1. The summed E-state index contributed by atoms with van der Waals surface area (Å²) in [5, 5.41) is 8.04. The molecule has 1 atom stereocenters. The maximum atomic E-state index is 13.0. The third kappa shape index (κ3) is 6.27. The molecule has 9 nitrogen and oxygen atoms in total. The minimum absolute atomic E-state index is 0.110. The number of Topliss-reactive ketones (excluding diaryl/α,β-unsaturated/α-hetero) is 1. The molecule has 0 heterocycles. The molecule has 0 saturated heterocycles. The van der Waals surface area contributed by atoms with Gasteiger partial charge in [-0.1, -0.05) is 11.6 Å². The number of ether oxygens (including phenoxy) is 4. The van der Waals surface area contributed by atoms with Crippen molar-refractivity contribution in [2.45, 2.75) is 26.8 Å². The van der Waals surface area contributed by atoms with E-state index >= 15 is 0 Å². The average Bonchev–Trinajstić information content (AvgIpc) is 2.80. The van der Waals surface area contributed by atoms with Crippen molar-refractivity contribution in [3.8, 4) is 23.0 Å². The third-order valence-corrected chi connectivity index (χ3v) is 5.05. The molecule has 1 unspecified atom stereocenters. The minimum atomic E-state index is -1.52. The van der Waals surface area contributed by atoms with Gasteiger partial charge in [-0.15, -0.1) is 5.11 Å². The molecule has 0 aliphatic heterocycles. The van der Waals surface area contributed by atoms with Crippen LogP contribution in [0.5, 0.6) is 23.0 Å². The Labute approximate surface area is 202 Å². The van der Waals surface area contributed by atoms with E-state index in [4.69, 9.17) is 42.3 Å². The summed E-state index contributed by atoms with van der Waals surface area (Å²) >= 11 is 12.6. The summed E-state index contributed by atoms with van der Waals surface area (Å²) in [5.74, 6) is 0.150. The van der Waals surface area contributed by atoms with Crippen LogP contribution in [0, 0.1) is 0 Å². The van der Waals surface area contributed by atoms with Crippen molar-refractivity contribution >= 4 is 46.4 Å². The largest absolute Gasteiger partial charge is 0.495 e. The fourth-order valence-corrected chi connectivity index (χ4v) is 3.23. The number of hydrogen-bond donors (Lipinski definition) is 0. The van der Waals surface area contributed by atoms with E-state index in [-0.39, 0.29) is 22.1 Å². The van der Waals surface area contributed by atoms with E-state index in [1.54, 1.807) is 24.3 Å². The van der Waals surface area contributed by atoms with Gasteiger partial charge in [-0.05, 0) is 45.0 Å². The van der Waals surface area contributed by atoms with Gasteiger partial charge >= 0.3 is 0 Å². The Kier molecular flexibility index (Phi) is 9.74. The van der Waals surface area contributed by atoms with E-state index in [1.165, 1.54) is 27.2 Å². The number of rotatable bonds is 11. The molecule has 0 N–H and O–H groups in total. The number of nitrogens with zero attached hydrogens (tertiary/aromatic N) is 3. The van der Waals surface area contributed by atoms with Crippen LogP contribution >= 0.6 is 23.4 Å². The Morgan fingerprint density at radius 1 is 0.970 bits per heavy atom. The molecule has 0 aliphatic carbocycles. The SMILES string of the molecule is CCOc1ccc(N(Cl)C(=O)C(N=Nc2c(OC)ccc(OC)c2Cl)C(C)=O)cc1OCC. The van der Waals surface area contributed by atoms with Crippen molar-refractivity contribution in [2.24, 2.45) is 10.2 Å². The van der Waals surface area contributed by atoms with Crippen LogP contribution in [0.3, 0.4) is 0 Å². The standard InChI is InChI=1S/C22H25Cl2N3O6/c1-6-32-15-9-8-14(12-18(15)33-7-2)27(24)22(29)20(13(3)28)25-26-21-17(31-5)11-10-16(30-4)19(21)23/h8-12,20H,6-7H2,1-5H3. The zero-order chi connectivity index (χ0) is 24.5. The second-order valence-corrected chi connectivity index (χ2v) is 7.19. The molecule has 0 aromatic heterocycles. The number of amides is 1. The van der Waals surface area contributed by atoms with Crippen LogP contribution in [-0.4, -0.2) is 45.2 Å². The molecule has 33 heavy (non-hydrogen) atoms. The molecule has 11 heteroatoms. The van der Waals surface area contributed by atoms with E-state index in [1.807, 2.05) is 13.8 Å². The van der Waals surface area contributed by atoms with Gasteiger partial charge in [0.1, 0.15) is 22.2 Å². The highest BCUT2D eigenvalue weighted by atomic mass is 35.5. The van der Waals surface area contributed by atoms with Crippen molar-refractivity contribution in [1.29, 1.82) is 0 Å². The normalized spacial score (nSPS) is 11.7. The number of hydrogen-bond acceptors (Lipinski definition) is 8. The van der Waals surface area contributed by atoms with Crippen LogP contribution in [0.1, 0.15) is 20.8 Å². The molecule has 178 valence electrons. The fourth-order valence-electron chi connectivity index (χ4n) is 2.76. The van der Waals surface area contributed by atoms with Gasteiger partial charge in [0.2, 0.25) is 6.04 Å². The van der Waals surface area contributed by atoms with Gasteiger partial charge in [-0.3, -0.25) is 9.59 Å². The molecule has 2 aromatic carbocycles. The van der Waals surface area contributed by atoms with Crippen LogP contribution in [-0.2, 0) is 9.59 Å². The molecule has 0 radical (unpaired) electrons. The van der Waals surface area contributed by atoms with Gasteiger partial charge in [0.25, 0.3) is 5.91 Å². The first-order valence-electron chi connectivity index (χ1n) is 10.00. The summed E-state index contributed by atoms with van der Waals surface area (Å²) in [6.07, 6.45) is 0. The molecular weight excluding hydrogens is 473 g/mol. The van der Waals surface area contributed by atoms with E-state index < -0.39 is 17.7 Å². The lowest BCUT2D eigenvalue weighted by Gasteiger charge is -2.19. The topological polar surface area (TPSA) is 99.0 Å². The Morgan fingerprint density at radius 2 is 1.55 bits per heavy atom. The summed E-state index contributed by atoms with van der Waals surface area (Å²) in [5.41, 5.74) is 0.380. The highest BCUT2D eigenvalue weighted by Gasteiger charge is 2.30. The predicted molar refractivity (Wildman–Crippen MR) is 126 cm³/mol.